The lowest BCUT2D eigenvalue weighted by Gasteiger charge is -1.99. The molecular formula is C21H22OS2. The number of hydrogen-bond acceptors (Lipinski definition) is 3. The third kappa shape index (κ3) is 6.42. The first-order valence-corrected chi connectivity index (χ1v) is 10.3. The van der Waals surface area contributed by atoms with Gasteiger partial charge in [-0.25, -0.2) is 0 Å². The highest BCUT2D eigenvalue weighted by Crippen LogP contribution is 2.16. The van der Waals surface area contributed by atoms with E-state index in [1.807, 2.05) is 12.2 Å². The van der Waals surface area contributed by atoms with E-state index in [0.717, 1.165) is 12.8 Å². The van der Waals surface area contributed by atoms with Crippen molar-refractivity contribution in [3.8, 4) is 0 Å². The first kappa shape index (κ1) is 18.6. The second kappa shape index (κ2) is 10.2. The van der Waals surface area contributed by atoms with Gasteiger partial charge in [-0.05, 0) is 72.9 Å². The smallest absolute Gasteiger partial charge is 0.178 e. The summed E-state index contributed by atoms with van der Waals surface area (Å²) in [6.07, 6.45) is 12.8. The number of benzene rings is 2. The molecule has 0 atom stereocenters. The highest BCUT2D eigenvalue weighted by molar-refractivity contribution is 7.98. The van der Waals surface area contributed by atoms with Crippen molar-refractivity contribution < 1.29 is 4.79 Å². The minimum atomic E-state index is 0.0384. The number of thioether (sulfide) groups is 2. The summed E-state index contributed by atoms with van der Waals surface area (Å²) < 4.78 is 0. The molecule has 0 aliphatic heterocycles. The van der Waals surface area contributed by atoms with Crippen LogP contribution in [0.4, 0.5) is 0 Å². The van der Waals surface area contributed by atoms with Gasteiger partial charge in [0.05, 0.1) is 0 Å². The highest BCUT2D eigenvalue weighted by Gasteiger charge is 1.94. The number of allylic oxidation sites excluding steroid dienone is 4. The second-order valence-corrected chi connectivity index (χ2v) is 7.07. The summed E-state index contributed by atoms with van der Waals surface area (Å²) in [5, 5.41) is 0. The maximum absolute atomic E-state index is 11.8. The van der Waals surface area contributed by atoms with Gasteiger partial charge in [0.2, 0.25) is 0 Å². The van der Waals surface area contributed by atoms with E-state index in [9.17, 15) is 4.79 Å². The Morgan fingerprint density at radius 2 is 1.12 bits per heavy atom. The SMILES string of the molecule is CSc1ccc(CC=CC(=O)C=CCc2ccc(SC)cc2)cc1. The molecule has 0 radical (unpaired) electrons. The molecule has 0 spiro atoms. The van der Waals surface area contributed by atoms with Crippen molar-refractivity contribution in [2.75, 3.05) is 12.5 Å². The van der Waals surface area contributed by atoms with Crippen LogP contribution in [-0.4, -0.2) is 18.3 Å². The van der Waals surface area contributed by atoms with E-state index in [-0.39, 0.29) is 5.78 Å². The molecule has 0 saturated heterocycles. The molecule has 1 nitrogen and oxygen atoms in total. The second-order valence-electron chi connectivity index (χ2n) is 5.31. The van der Waals surface area contributed by atoms with Gasteiger partial charge in [0.1, 0.15) is 0 Å². The largest absolute Gasteiger partial charge is 0.290 e. The first-order valence-electron chi connectivity index (χ1n) is 7.84. The number of carbonyl (C=O) groups is 1. The van der Waals surface area contributed by atoms with E-state index in [1.165, 1.54) is 20.9 Å². The molecule has 0 aromatic heterocycles. The third-order valence-electron chi connectivity index (χ3n) is 3.59. The minimum absolute atomic E-state index is 0.0384. The topological polar surface area (TPSA) is 17.1 Å². The van der Waals surface area contributed by atoms with E-state index in [1.54, 1.807) is 35.7 Å². The fourth-order valence-electron chi connectivity index (χ4n) is 2.20. The van der Waals surface area contributed by atoms with Crippen molar-refractivity contribution >= 4 is 29.3 Å². The molecule has 0 heterocycles. The maximum atomic E-state index is 11.8. The number of hydrogen-bond donors (Lipinski definition) is 0. The van der Waals surface area contributed by atoms with E-state index < -0.39 is 0 Å². The lowest BCUT2D eigenvalue weighted by molar-refractivity contribution is -0.110. The Labute approximate surface area is 153 Å². The Hall–Kier alpha value is -1.71. The summed E-state index contributed by atoms with van der Waals surface area (Å²) in [4.78, 5) is 14.4. The Morgan fingerprint density at radius 3 is 1.46 bits per heavy atom. The van der Waals surface area contributed by atoms with E-state index in [4.69, 9.17) is 0 Å². The average Bonchev–Trinajstić information content (AvgIpc) is 2.63. The molecule has 0 N–H and O–H groups in total. The maximum Gasteiger partial charge on any atom is 0.178 e. The summed E-state index contributed by atoms with van der Waals surface area (Å²) >= 11 is 3.47. The van der Waals surface area contributed by atoms with Gasteiger partial charge < -0.3 is 0 Å². The highest BCUT2D eigenvalue weighted by atomic mass is 32.2. The Morgan fingerprint density at radius 1 is 0.750 bits per heavy atom. The normalized spacial score (nSPS) is 11.4. The molecule has 3 heteroatoms. The van der Waals surface area contributed by atoms with E-state index in [2.05, 4.69) is 61.0 Å². The molecule has 0 aliphatic carbocycles. The number of ketones is 1. The van der Waals surface area contributed by atoms with Gasteiger partial charge in [-0.1, -0.05) is 36.4 Å². The lowest BCUT2D eigenvalue weighted by atomic mass is 10.1. The van der Waals surface area contributed by atoms with Crippen molar-refractivity contribution in [1.29, 1.82) is 0 Å². The molecule has 2 rings (SSSR count). The zero-order chi connectivity index (χ0) is 17.2. The van der Waals surface area contributed by atoms with Crippen LogP contribution in [0.1, 0.15) is 11.1 Å². The van der Waals surface area contributed by atoms with E-state index >= 15 is 0 Å². The average molecular weight is 355 g/mol. The molecule has 0 bridgehead atoms. The predicted molar refractivity (Wildman–Crippen MR) is 107 cm³/mol. The molecule has 2 aromatic rings. The van der Waals surface area contributed by atoms with Crippen molar-refractivity contribution in [3.05, 3.63) is 84.0 Å². The van der Waals surface area contributed by atoms with Crippen molar-refractivity contribution in [2.24, 2.45) is 0 Å². The van der Waals surface area contributed by atoms with Gasteiger partial charge in [0.25, 0.3) is 0 Å². The van der Waals surface area contributed by atoms with Crippen LogP contribution in [0.2, 0.25) is 0 Å². The van der Waals surface area contributed by atoms with Crippen LogP contribution in [-0.2, 0) is 17.6 Å². The lowest BCUT2D eigenvalue weighted by Crippen LogP contribution is -1.88. The van der Waals surface area contributed by atoms with E-state index in [0.29, 0.717) is 0 Å². The molecule has 0 unspecified atom stereocenters. The van der Waals surface area contributed by atoms with Crippen LogP contribution in [0.15, 0.2) is 82.6 Å². The zero-order valence-electron chi connectivity index (χ0n) is 14.1. The molecule has 0 fully saturated rings. The molecule has 2 aromatic carbocycles. The summed E-state index contributed by atoms with van der Waals surface area (Å²) in [6.45, 7) is 0. The first-order chi connectivity index (χ1) is 11.7. The summed E-state index contributed by atoms with van der Waals surface area (Å²) in [5.41, 5.74) is 2.43. The molecule has 0 aliphatic rings. The Bertz CT molecular complexity index is 636. The fourth-order valence-corrected chi connectivity index (χ4v) is 3.02. The van der Waals surface area contributed by atoms with Crippen LogP contribution < -0.4 is 0 Å². The molecular weight excluding hydrogens is 332 g/mol. The summed E-state index contributed by atoms with van der Waals surface area (Å²) in [6, 6.07) is 16.9. The van der Waals surface area contributed by atoms with Gasteiger partial charge in [0.15, 0.2) is 5.78 Å². The van der Waals surface area contributed by atoms with Crippen molar-refractivity contribution in [3.63, 3.8) is 0 Å². The van der Waals surface area contributed by atoms with Crippen molar-refractivity contribution in [2.45, 2.75) is 22.6 Å². The van der Waals surface area contributed by atoms with Crippen LogP contribution >= 0.6 is 23.5 Å². The standard InChI is InChI=1S/C21H22OS2/c1-23-20-13-9-17(10-14-20)5-3-7-19(22)8-4-6-18-11-15-21(24-2)16-12-18/h3-4,7-16H,5-6H2,1-2H3. The van der Waals surface area contributed by atoms with Crippen LogP contribution in [0.5, 0.6) is 0 Å². The van der Waals surface area contributed by atoms with Crippen LogP contribution in [0, 0.1) is 0 Å². The quantitative estimate of drug-likeness (QED) is 0.454. The zero-order valence-corrected chi connectivity index (χ0v) is 15.7. The van der Waals surface area contributed by atoms with Crippen LogP contribution in [0.3, 0.4) is 0 Å². The fraction of sp³-hybridized carbons (Fsp3) is 0.190. The van der Waals surface area contributed by atoms with Gasteiger partial charge in [-0.15, -0.1) is 23.5 Å². The van der Waals surface area contributed by atoms with Crippen molar-refractivity contribution in [1.82, 2.24) is 0 Å². The Kier molecular flexibility index (Phi) is 7.93. The van der Waals surface area contributed by atoms with Gasteiger partial charge in [-0.2, -0.15) is 0 Å². The van der Waals surface area contributed by atoms with Crippen LogP contribution in [0.25, 0.3) is 0 Å². The minimum Gasteiger partial charge on any atom is -0.290 e. The summed E-state index contributed by atoms with van der Waals surface area (Å²) in [7, 11) is 0. The van der Waals surface area contributed by atoms with Gasteiger partial charge in [-0.3, -0.25) is 4.79 Å². The molecule has 0 amide bonds. The molecule has 24 heavy (non-hydrogen) atoms. The molecule has 124 valence electrons. The number of rotatable bonds is 8. The van der Waals surface area contributed by atoms with Gasteiger partial charge in [0, 0.05) is 9.79 Å². The molecule has 0 saturated carbocycles. The number of carbonyl (C=O) groups excluding carboxylic acids is 1. The van der Waals surface area contributed by atoms with Gasteiger partial charge >= 0.3 is 0 Å². The summed E-state index contributed by atoms with van der Waals surface area (Å²) in [5.74, 6) is 0.0384. The third-order valence-corrected chi connectivity index (χ3v) is 5.08. The predicted octanol–water partition coefficient (Wildman–Crippen LogP) is 5.60. The Balaban J connectivity index is 1.78. The monoisotopic (exact) mass is 354 g/mol.